The van der Waals surface area contributed by atoms with Gasteiger partial charge in [0.2, 0.25) is 0 Å². The van der Waals surface area contributed by atoms with Gasteiger partial charge in [-0.1, -0.05) is 0 Å². The zero-order valence-electron chi connectivity index (χ0n) is 4.59. The quantitative estimate of drug-likeness (QED) is 0.414. The number of nitrogens with zero attached hydrogens (tertiary/aromatic N) is 1. The van der Waals surface area contributed by atoms with Crippen LogP contribution in [0, 0.1) is 0 Å². The normalized spacial score (nSPS) is 13.4. The average molecular weight is 135 g/mol. The Morgan fingerprint density at radius 1 is 1.56 bits per heavy atom. The van der Waals surface area contributed by atoms with Gasteiger partial charge in [-0.15, -0.1) is 0 Å². The maximum Gasteiger partial charge on any atom is 0.331 e. The lowest BCUT2D eigenvalue weighted by Gasteiger charge is -1.87. The molecule has 0 rings (SSSR count). The van der Waals surface area contributed by atoms with E-state index in [2.05, 4.69) is 4.99 Å². The summed E-state index contributed by atoms with van der Waals surface area (Å²) in [6, 6.07) is 0. The number of rotatable bonds is 2. The third-order valence-corrected chi connectivity index (χ3v) is 0.529. The van der Waals surface area contributed by atoms with Crippen LogP contribution in [-0.2, 0) is 0 Å². The molecule has 0 fully saturated rings. The Labute approximate surface area is 51.1 Å². The molecular formula is C4H7F2N3. The number of nitrogens with two attached hydrogens (primary N) is 2. The summed E-state index contributed by atoms with van der Waals surface area (Å²) < 4.78 is 22.4. The molecule has 0 aliphatic rings. The Balaban J connectivity index is 3.71. The predicted octanol–water partition coefficient (Wildman–Crippen LogP) is 0.0386. The van der Waals surface area contributed by atoms with Crippen LogP contribution in [0.1, 0.15) is 0 Å². The molecule has 0 saturated carbocycles. The van der Waals surface area contributed by atoms with Crippen LogP contribution in [-0.4, -0.2) is 12.8 Å². The summed E-state index contributed by atoms with van der Waals surface area (Å²) in [7, 11) is 0. The number of allylic oxidation sites excluding steroid dienone is 1. The van der Waals surface area contributed by atoms with Gasteiger partial charge >= 0.3 is 6.55 Å². The fraction of sp³-hybridized carbons (Fsp3) is 0.250. The van der Waals surface area contributed by atoms with Gasteiger partial charge in [-0.05, 0) is 0 Å². The number of aliphatic imine (C=N–C) groups is 1. The summed E-state index contributed by atoms with van der Waals surface area (Å²) in [5.74, 6) is 0. The minimum Gasteiger partial charge on any atom is -0.403 e. The van der Waals surface area contributed by atoms with Crippen LogP contribution in [0.2, 0.25) is 0 Å². The van der Waals surface area contributed by atoms with E-state index in [0.717, 1.165) is 12.4 Å². The van der Waals surface area contributed by atoms with Gasteiger partial charge in [-0.3, -0.25) is 0 Å². The topological polar surface area (TPSA) is 64.4 Å². The predicted molar refractivity (Wildman–Crippen MR) is 31.0 cm³/mol. The van der Waals surface area contributed by atoms with Crippen molar-refractivity contribution in [3.8, 4) is 0 Å². The Morgan fingerprint density at radius 2 is 2.11 bits per heavy atom. The maximum atomic E-state index is 11.2. The number of halogens is 2. The highest BCUT2D eigenvalue weighted by Crippen LogP contribution is 1.91. The van der Waals surface area contributed by atoms with Crippen molar-refractivity contribution in [3.05, 3.63) is 11.9 Å². The smallest absolute Gasteiger partial charge is 0.331 e. The van der Waals surface area contributed by atoms with Gasteiger partial charge in [-0.2, -0.15) is 8.78 Å². The minimum atomic E-state index is -2.72. The van der Waals surface area contributed by atoms with Crippen molar-refractivity contribution in [1.82, 2.24) is 0 Å². The summed E-state index contributed by atoms with van der Waals surface area (Å²) in [6.45, 7) is -2.72. The number of hydrogen-bond acceptors (Lipinski definition) is 3. The van der Waals surface area contributed by atoms with E-state index >= 15 is 0 Å². The molecule has 52 valence electrons. The van der Waals surface area contributed by atoms with Crippen molar-refractivity contribution in [3.63, 3.8) is 0 Å². The molecule has 0 aromatic rings. The lowest BCUT2D eigenvalue weighted by molar-refractivity contribution is 0.160. The monoisotopic (exact) mass is 135 g/mol. The third-order valence-electron chi connectivity index (χ3n) is 0.529. The van der Waals surface area contributed by atoms with Crippen molar-refractivity contribution in [2.24, 2.45) is 16.5 Å². The molecule has 0 unspecified atom stereocenters. The summed E-state index contributed by atoms with van der Waals surface area (Å²) in [5.41, 5.74) is 9.83. The summed E-state index contributed by atoms with van der Waals surface area (Å²) in [4.78, 5) is 2.66. The van der Waals surface area contributed by atoms with Gasteiger partial charge in [0.15, 0.2) is 0 Å². The molecule has 9 heavy (non-hydrogen) atoms. The van der Waals surface area contributed by atoms with Gasteiger partial charge in [0, 0.05) is 6.20 Å². The van der Waals surface area contributed by atoms with Crippen LogP contribution >= 0.6 is 0 Å². The van der Waals surface area contributed by atoms with Crippen LogP contribution in [0.5, 0.6) is 0 Å². The summed E-state index contributed by atoms with van der Waals surface area (Å²) >= 11 is 0. The Morgan fingerprint density at radius 3 is 2.44 bits per heavy atom. The average Bonchev–Trinajstić information content (AvgIpc) is 1.83. The summed E-state index contributed by atoms with van der Waals surface area (Å²) in [5, 5.41) is 0. The van der Waals surface area contributed by atoms with E-state index in [4.69, 9.17) is 11.5 Å². The first-order valence-electron chi connectivity index (χ1n) is 2.15. The molecule has 0 radical (unpaired) electrons. The molecule has 4 N–H and O–H groups in total. The van der Waals surface area contributed by atoms with Crippen molar-refractivity contribution in [2.45, 2.75) is 6.55 Å². The maximum absolute atomic E-state index is 11.2. The molecule has 0 heterocycles. The largest absolute Gasteiger partial charge is 0.403 e. The first-order chi connectivity index (χ1) is 4.16. The van der Waals surface area contributed by atoms with Crippen molar-refractivity contribution >= 4 is 6.21 Å². The highest BCUT2D eigenvalue weighted by atomic mass is 19.3. The lowest BCUT2D eigenvalue weighted by Crippen LogP contribution is -2.02. The second-order valence-corrected chi connectivity index (χ2v) is 1.22. The molecule has 0 amide bonds. The van der Waals surface area contributed by atoms with Crippen molar-refractivity contribution < 1.29 is 8.78 Å². The zero-order valence-corrected chi connectivity index (χ0v) is 4.59. The first kappa shape index (κ1) is 7.87. The van der Waals surface area contributed by atoms with Gasteiger partial charge in [0.05, 0.1) is 11.9 Å². The van der Waals surface area contributed by atoms with E-state index in [-0.39, 0.29) is 5.70 Å². The second kappa shape index (κ2) is 3.82. The van der Waals surface area contributed by atoms with Crippen LogP contribution in [0.25, 0.3) is 0 Å². The van der Waals surface area contributed by atoms with Crippen molar-refractivity contribution in [1.29, 1.82) is 0 Å². The third kappa shape index (κ3) is 4.73. The molecule has 0 atom stereocenters. The zero-order chi connectivity index (χ0) is 7.28. The van der Waals surface area contributed by atoms with Gasteiger partial charge in [0.1, 0.15) is 0 Å². The molecule has 0 bridgehead atoms. The molecule has 0 saturated heterocycles. The van der Waals surface area contributed by atoms with Crippen LogP contribution in [0.4, 0.5) is 8.78 Å². The standard InChI is InChI=1S/C4H7F2N3/c5-4(6)9-2-3(8)1-7/h1-2,4H,7-8H2. The number of hydrogen-bond donors (Lipinski definition) is 2. The number of alkyl halides is 2. The van der Waals surface area contributed by atoms with E-state index in [1.807, 2.05) is 0 Å². The van der Waals surface area contributed by atoms with E-state index in [1.54, 1.807) is 0 Å². The fourth-order valence-electron chi connectivity index (χ4n) is 0.185. The second-order valence-electron chi connectivity index (χ2n) is 1.22. The van der Waals surface area contributed by atoms with Crippen molar-refractivity contribution in [2.75, 3.05) is 0 Å². The molecule has 0 spiro atoms. The summed E-state index contributed by atoms with van der Waals surface area (Å²) in [6.07, 6.45) is 1.80. The molecule has 0 aromatic carbocycles. The van der Waals surface area contributed by atoms with Crippen LogP contribution < -0.4 is 11.5 Å². The first-order valence-corrected chi connectivity index (χ1v) is 2.15. The van der Waals surface area contributed by atoms with E-state index in [0.29, 0.717) is 0 Å². The Hall–Kier alpha value is -1.13. The van der Waals surface area contributed by atoms with Gasteiger partial charge in [0.25, 0.3) is 0 Å². The molecule has 0 aromatic heterocycles. The highest BCUT2D eigenvalue weighted by molar-refractivity contribution is 5.76. The Kier molecular flexibility index (Phi) is 3.34. The minimum absolute atomic E-state index is 0.0234. The molecule has 0 aliphatic carbocycles. The SMILES string of the molecule is NC=C(N)C=NC(F)F. The highest BCUT2D eigenvalue weighted by Gasteiger charge is 1.92. The van der Waals surface area contributed by atoms with Crippen LogP contribution in [0.15, 0.2) is 16.9 Å². The molecular weight excluding hydrogens is 128 g/mol. The van der Waals surface area contributed by atoms with E-state index in [1.165, 1.54) is 0 Å². The van der Waals surface area contributed by atoms with Gasteiger partial charge in [-0.25, -0.2) is 4.99 Å². The molecule has 3 nitrogen and oxygen atoms in total. The van der Waals surface area contributed by atoms with Crippen LogP contribution in [0.3, 0.4) is 0 Å². The molecule has 5 heteroatoms. The van der Waals surface area contributed by atoms with E-state index in [9.17, 15) is 8.78 Å². The van der Waals surface area contributed by atoms with E-state index < -0.39 is 6.55 Å². The lowest BCUT2D eigenvalue weighted by atomic mass is 10.5. The Bertz CT molecular complexity index is 130. The fourth-order valence-corrected chi connectivity index (χ4v) is 0.185. The van der Waals surface area contributed by atoms with Gasteiger partial charge < -0.3 is 11.5 Å². The molecule has 0 aliphatic heterocycles.